The Hall–Kier alpha value is -0.813. The zero-order valence-corrected chi connectivity index (χ0v) is 11.4. The molecule has 0 unspecified atom stereocenters. The smallest absolute Gasteiger partial charge is 0.228 e. The van der Waals surface area contributed by atoms with Crippen LogP contribution in [0.1, 0.15) is 27.7 Å². The lowest BCUT2D eigenvalue weighted by Gasteiger charge is -2.33. The average Bonchev–Trinajstić information content (AvgIpc) is 2.21. The van der Waals surface area contributed by atoms with Crippen LogP contribution in [0.25, 0.3) is 0 Å². The molecule has 1 aromatic carbocycles. The summed E-state index contributed by atoms with van der Waals surface area (Å²) in [7, 11) is -3.16. The van der Waals surface area contributed by atoms with Gasteiger partial charge in [0.25, 0.3) is 0 Å². The molecular weight excluding hydrogens is 245 g/mol. The minimum atomic E-state index is -3.16. The molecule has 17 heavy (non-hydrogen) atoms. The maximum atomic E-state index is 13.7. The molecule has 0 fully saturated rings. The molecule has 0 spiro atoms. The number of halogens is 3. The Labute approximate surface area is 100 Å². The summed E-state index contributed by atoms with van der Waals surface area (Å²) in [6.07, 6.45) is 0. The lowest BCUT2D eigenvalue weighted by Crippen LogP contribution is -2.55. The van der Waals surface area contributed by atoms with Gasteiger partial charge >= 0.3 is 0 Å². The van der Waals surface area contributed by atoms with Crippen molar-refractivity contribution in [2.75, 3.05) is 0 Å². The minimum Gasteiger partial charge on any atom is -0.427 e. The van der Waals surface area contributed by atoms with Gasteiger partial charge in [0.1, 0.15) is 5.82 Å². The van der Waals surface area contributed by atoms with E-state index in [4.69, 9.17) is 0 Å². The van der Waals surface area contributed by atoms with E-state index in [0.29, 0.717) is 6.07 Å². The van der Waals surface area contributed by atoms with Crippen LogP contribution in [-0.2, 0) is 0 Å². The van der Waals surface area contributed by atoms with Gasteiger partial charge in [-0.25, -0.2) is 13.2 Å². The van der Waals surface area contributed by atoms with Gasteiger partial charge in [0.05, 0.1) is 0 Å². The quantitative estimate of drug-likeness (QED) is 0.655. The predicted molar refractivity (Wildman–Crippen MR) is 64.1 cm³/mol. The van der Waals surface area contributed by atoms with Crippen LogP contribution < -0.4 is 5.19 Å². The molecule has 0 aliphatic carbocycles. The van der Waals surface area contributed by atoms with E-state index >= 15 is 0 Å². The molecule has 1 nitrogen and oxygen atoms in total. The van der Waals surface area contributed by atoms with Gasteiger partial charge in [-0.05, 0) is 17.1 Å². The van der Waals surface area contributed by atoms with Gasteiger partial charge in [-0.3, -0.25) is 0 Å². The maximum Gasteiger partial charge on any atom is 0.228 e. The Morgan fingerprint density at radius 3 is 1.71 bits per heavy atom. The summed E-state index contributed by atoms with van der Waals surface area (Å²) in [5, 5.41) is -0.0543. The molecule has 5 heteroatoms. The SMILES string of the molecule is CC(C)[Si](O)(c1cc(F)c(F)cc1F)C(C)C. The van der Waals surface area contributed by atoms with Gasteiger partial charge in [0, 0.05) is 11.3 Å². The third-order valence-corrected chi connectivity index (χ3v) is 7.97. The molecule has 1 N–H and O–H groups in total. The first-order valence-electron chi connectivity index (χ1n) is 5.58. The molecule has 0 atom stereocenters. The van der Waals surface area contributed by atoms with E-state index in [9.17, 15) is 18.0 Å². The van der Waals surface area contributed by atoms with Crippen molar-refractivity contribution in [3.63, 3.8) is 0 Å². The van der Waals surface area contributed by atoms with Gasteiger partial charge in [-0.15, -0.1) is 0 Å². The van der Waals surface area contributed by atoms with Crippen molar-refractivity contribution in [1.29, 1.82) is 0 Å². The Morgan fingerprint density at radius 2 is 1.29 bits per heavy atom. The fourth-order valence-electron chi connectivity index (χ4n) is 2.12. The van der Waals surface area contributed by atoms with Gasteiger partial charge in [0.15, 0.2) is 11.6 Å². The molecule has 1 rings (SSSR count). The van der Waals surface area contributed by atoms with Crippen molar-refractivity contribution < 1.29 is 18.0 Å². The second-order valence-electron chi connectivity index (χ2n) is 4.88. The van der Waals surface area contributed by atoms with Crippen molar-refractivity contribution in [1.82, 2.24) is 0 Å². The maximum absolute atomic E-state index is 13.7. The molecule has 0 saturated heterocycles. The first-order valence-corrected chi connectivity index (χ1v) is 7.68. The van der Waals surface area contributed by atoms with Crippen molar-refractivity contribution in [2.45, 2.75) is 38.8 Å². The third kappa shape index (κ3) is 2.40. The summed E-state index contributed by atoms with van der Waals surface area (Å²) in [6.45, 7) is 7.08. The summed E-state index contributed by atoms with van der Waals surface area (Å²) in [5.74, 6) is -3.20. The highest BCUT2D eigenvalue weighted by molar-refractivity contribution is 6.87. The summed E-state index contributed by atoms with van der Waals surface area (Å²) in [4.78, 5) is 10.6. The Balaban J connectivity index is 3.44. The summed E-state index contributed by atoms with van der Waals surface area (Å²) in [6, 6.07) is 1.31. The van der Waals surface area contributed by atoms with Crippen LogP contribution in [-0.4, -0.2) is 13.1 Å². The fraction of sp³-hybridized carbons (Fsp3) is 0.500. The normalized spacial score (nSPS) is 12.6. The van der Waals surface area contributed by atoms with Crippen LogP contribution in [0.15, 0.2) is 12.1 Å². The van der Waals surface area contributed by atoms with E-state index in [2.05, 4.69) is 0 Å². The summed E-state index contributed by atoms with van der Waals surface area (Å²) in [5.41, 5.74) is -0.358. The van der Waals surface area contributed by atoms with Gasteiger partial charge in [-0.2, -0.15) is 0 Å². The Morgan fingerprint density at radius 1 is 0.882 bits per heavy atom. The molecule has 0 aliphatic rings. The van der Waals surface area contributed by atoms with Crippen molar-refractivity contribution >= 4 is 13.5 Å². The number of rotatable bonds is 3. The molecule has 1 aromatic rings. The van der Waals surface area contributed by atoms with Gasteiger partial charge in [0.2, 0.25) is 8.32 Å². The van der Waals surface area contributed by atoms with Crippen LogP contribution in [0.3, 0.4) is 0 Å². The average molecular weight is 262 g/mol. The lowest BCUT2D eigenvalue weighted by molar-refractivity contribution is 0.486. The number of hydrogen-bond donors (Lipinski definition) is 1. The molecule has 0 aliphatic heterocycles. The highest BCUT2D eigenvalue weighted by atomic mass is 28.4. The number of hydrogen-bond acceptors (Lipinski definition) is 1. The summed E-state index contributed by atoms with van der Waals surface area (Å²) < 4.78 is 39.8. The van der Waals surface area contributed by atoms with E-state index in [0.717, 1.165) is 6.07 Å². The number of benzene rings is 1. The van der Waals surface area contributed by atoms with E-state index in [1.165, 1.54) is 0 Å². The third-order valence-electron chi connectivity index (χ3n) is 3.20. The van der Waals surface area contributed by atoms with E-state index in [1.54, 1.807) is 27.7 Å². The van der Waals surface area contributed by atoms with Crippen LogP contribution in [0.4, 0.5) is 13.2 Å². The fourth-order valence-corrected chi connectivity index (χ4v) is 5.51. The van der Waals surface area contributed by atoms with E-state index < -0.39 is 25.8 Å². The van der Waals surface area contributed by atoms with Gasteiger partial charge in [-0.1, -0.05) is 27.7 Å². The topological polar surface area (TPSA) is 20.2 Å². The zero-order chi connectivity index (χ0) is 13.4. The molecular formula is C12H17F3OSi. The van der Waals surface area contributed by atoms with Crippen LogP contribution in [0, 0.1) is 17.5 Å². The first-order chi connectivity index (χ1) is 7.71. The molecule has 0 saturated carbocycles. The minimum absolute atomic E-state index is 0.0543. The van der Waals surface area contributed by atoms with E-state index in [1.807, 2.05) is 0 Å². The highest BCUT2D eigenvalue weighted by Crippen LogP contribution is 2.30. The van der Waals surface area contributed by atoms with Crippen LogP contribution in [0.2, 0.25) is 11.1 Å². The predicted octanol–water partition coefficient (Wildman–Crippen LogP) is 3.07. The second-order valence-corrected chi connectivity index (χ2v) is 9.38. The first kappa shape index (κ1) is 14.2. The monoisotopic (exact) mass is 262 g/mol. The largest absolute Gasteiger partial charge is 0.427 e. The standard InChI is InChI=1S/C12H17F3OSi/c1-7(2)17(16,8(3)4)12-6-10(14)9(13)5-11(12)15/h5-8,16H,1-4H3. The lowest BCUT2D eigenvalue weighted by atomic mass is 10.3. The van der Waals surface area contributed by atoms with Gasteiger partial charge < -0.3 is 4.80 Å². The summed E-state index contributed by atoms with van der Waals surface area (Å²) >= 11 is 0. The molecule has 96 valence electrons. The van der Waals surface area contributed by atoms with Crippen LogP contribution in [0.5, 0.6) is 0 Å². The zero-order valence-electron chi connectivity index (χ0n) is 10.4. The van der Waals surface area contributed by atoms with Crippen LogP contribution >= 0.6 is 0 Å². The highest BCUT2D eigenvalue weighted by Gasteiger charge is 2.43. The Bertz CT molecular complexity index is 410. The second kappa shape index (κ2) is 4.82. The molecule has 0 amide bonds. The van der Waals surface area contributed by atoms with Crippen molar-refractivity contribution in [3.8, 4) is 0 Å². The molecule has 0 aromatic heterocycles. The van der Waals surface area contributed by atoms with Crippen molar-refractivity contribution in [3.05, 3.63) is 29.6 Å². The molecule has 0 heterocycles. The van der Waals surface area contributed by atoms with E-state index in [-0.39, 0.29) is 16.3 Å². The molecule has 0 bridgehead atoms. The molecule has 0 radical (unpaired) electrons. The Kier molecular flexibility index (Phi) is 4.04. The van der Waals surface area contributed by atoms with Crippen molar-refractivity contribution in [2.24, 2.45) is 0 Å².